The quantitative estimate of drug-likeness (QED) is 0.239. The molecule has 4 aromatic heterocycles. The Labute approximate surface area is 219 Å². The fraction of sp³-hybridized carbons (Fsp3) is 0.167. The summed E-state index contributed by atoms with van der Waals surface area (Å²) >= 11 is 0. The van der Waals surface area contributed by atoms with Crippen LogP contribution in [0.5, 0.6) is 0 Å². The monoisotopic (exact) mass is 505 g/mol. The Balaban J connectivity index is 1.40. The van der Waals surface area contributed by atoms with Gasteiger partial charge in [0.05, 0.1) is 16.9 Å². The third-order valence-electron chi connectivity index (χ3n) is 6.59. The van der Waals surface area contributed by atoms with Gasteiger partial charge in [-0.1, -0.05) is 12.1 Å². The van der Waals surface area contributed by atoms with Gasteiger partial charge in [-0.25, -0.2) is 9.37 Å². The maximum Gasteiger partial charge on any atom is 0.135 e. The Morgan fingerprint density at radius 1 is 0.947 bits per heavy atom. The lowest BCUT2D eigenvalue weighted by molar-refractivity contribution is 0.425. The van der Waals surface area contributed by atoms with Gasteiger partial charge in [0.15, 0.2) is 0 Å². The number of nitrogens with zero attached hydrogens (tertiary/aromatic N) is 4. The molecule has 7 nitrogen and oxygen atoms in total. The average Bonchev–Trinajstić information content (AvgIpc) is 3.51. The fourth-order valence-corrected chi connectivity index (χ4v) is 4.75. The van der Waals surface area contributed by atoms with Crippen molar-refractivity contribution in [3.63, 3.8) is 0 Å². The highest BCUT2D eigenvalue weighted by Crippen LogP contribution is 2.35. The number of aromatic nitrogens is 5. The first kappa shape index (κ1) is 23.8. The zero-order valence-corrected chi connectivity index (χ0v) is 21.5. The molecule has 0 aliphatic carbocycles. The number of rotatable bonds is 7. The maximum atomic E-state index is 14.6. The van der Waals surface area contributed by atoms with E-state index in [0.29, 0.717) is 0 Å². The van der Waals surface area contributed by atoms with E-state index >= 15 is 0 Å². The Hall–Kier alpha value is -4.56. The zero-order chi connectivity index (χ0) is 26.2. The molecule has 0 fully saturated rings. The van der Waals surface area contributed by atoms with E-state index in [0.717, 1.165) is 80.0 Å². The van der Waals surface area contributed by atoms with E-state index in [-0.39, 0.29) is 5.82 Å². The zero-order valence-electron chi connectivity index (χ0n) is 21.5. The third-order valence-corrected chi connectivity index (χ3v) is 6.59. The summed E-state index contributed by atoms with van der Waals surface area (Å²) in [5.74, 6) is -0.275. The molecule has 0 unspecified atom stereocenters. The van der Waals surface area contributed by atoms with Gasteiger partial charge in [-0.15, -0.1) is 0 Å². The summed E-state index contributed by atoms with van der Waals surface area (Å²) in [6.45, 7) is 3.60. The van der Waals surface area contributed by atoms with Gasteiger partial charge in [-0.2, -0.15) is 5.10 Å². The average molecular weight is 506 g/mol. The number of aromatic amines is 2. The van der Waals surface area contributed by atoms with Crippen LogP contribution in [0.25, 0.3) is 55.7 Å². The number of H-pyrrole nitrogens is 2. The lowest BCUT2D eigenvalue weighted by atomic mass is 10.0. The van der Waals surface area contributed by atoms with Gasteiger partial charge < -0.3 is 15.2 Å². The molecular formula is C30H28FN7. The van der Waals surface area contributed by atoms with E-state index in [1.54, 1.807) is 6.07 Å². The summed E-state index contributed by atoms with van der Waals surface area (Å²) < 4.78 is 14.6. The van der Waals surface area contributed by atoms with Crippen LogP contribution in [-0.2, 0) is 0 Å². The number of benzene rings is 2. The normalized spacial score (nSPS) is 11.6. The van der Waals surface area contributed by atoms with Crippen LogP contribution in [0.15, 0.2) is 73.1 Å². The molecule has 0 amide bonds. The van der Waals surface area contributed by atoms with E-state index in [1.165, 1.54) is 6.07 Å². The van der Waals surface area contributed by atoms with Gasteiger partial charge in [0, 0.05) is 47.6 Å². The summed E-state index contributed by atoms with van der Waals surface area (Å²) in [5.41, 5.74) is 9.52. The predicted molar refractivity (Wildman–Crippen MR) is 152 cm³/mol. The van der Waals surface area contributed by atoms with Crippen LogP contribution in [0.4, 0.5) is 10.1 Å². The van der Waals surface area contributed by atoms with Crippen molar-refractivity contribution in [2.45, 2.75) is 6.92 Å². The van der Waals surface area contributed by atoms with Gasteiger partial charge in [0.1, 0.15) is 17.0 Å². The number of hydrogen-bond donors (Lipinski definition) is 3. The van der Waals surface area contributed by atoms with Crippen molar-refractivity contribution >= 4 is 27.6 Å². The van der Waals surface area contributed by atoms with Gasteiger partial charge in [0.2, 0.25) is 0 Å². The standard InChI is InChI=1S/C30H28FN7/c1-18-11-20(17-32-16-18)25-7-8-27-29(35-25)30(37-36-27)28-15-24-23(5-4-6-26(24)34-28)19-12-21(31)14-22(13-19)33-9-10-38(2)3/h4-8,11-17,33-34H,9-10H2,1-3H3,(H,36,37). The first-order valence-corrected chi connectivity index (χ1v) is 12.5. The fourth-order valence-electron chi connectivity index (χ4n) is 4.75. The highest BCUT2D eigenvalue weighted by molar-refractivity contribution is 6.00. The number of anilines is 1. The third kappa shape index (κ3) is 4.62. The van der Waals surface area contributed by atoms with Crippen molar-refractivity contribution in [3.05, 3.63) is 84.4 Å². The SMILES string of the molecule is Cc1cncc(-c2ccc3[nH]nc(-c4cc5c(-c6cc(F)cc(NCCN(C)C)c6)cccc5[nH]4)c3n2)c1. The minimum atomic E-state index is -0.275. The van der Waals surface area contributed by atoms with Crippen LogP contribution >= 0.6 is 0 Å². The van der Waals surface area contributed by atoms with Gasteiger partial charge in [0.25, 0.3) is 0 Å². The molecule has 0 aliphatic heterocycles. The van der Waals surface area contributed by atoms with Crippen LogP contribution < -0.4 is 5.32 Å². The second kappa shape index (κ2) is 9.72. The Morgan fingerprint density at radius 2 is 1.84 bits per heavy atom. The Morgan fingerprint density at radius 3 is 2.68 bits per heavy atom. The molecule has 0 aliphatic rings. The molecule has 190 valence electrons. The summed E-state index contributed by atoms with van der Waals surface area (Å²) in [4.78, 5) is 14.8. The molecule has 8 heteroatoms. The highest BCUT2D eigenvalue weighted by Gasteiger charge is 2.16. The molecule has 0 radical (unpaired) electrons. The highest BCUT2D eigenvalue weighted by atomic mass is 19.1. The van der Waals surface area contributed by atoms with Crippen molar-refractivity contribution in [2.75, 3.05) is 32.5 Å². The molecule has 0 saturated heterocycles. The number of aryl methyl sites for hydroxylation is 1. The van der Waals surface area contributed by atoms with Crippen molar-refractivity contribution in [2.24, 2.45) is 0 Å². The molecule has 2 aromatic carbocycles. The number of nitrogens with one attached hydrogen (secondary N) is 3. The van der Waals surface area contributed by atoms with E-state index < -0.39 is 0 Å². The first-order chi connectivity index (χ1) is 18.4. The maximum absolute atomic E-state index is 14.6. The number of hydrogen-bond acceptors (Lipinski definition) is 5. The second-order valence-electron chi connectivity index (χ2n) is 9.82. The lowest BCUT2D eigenvalue weighted by Gasteiger charge is -2.13. The minimum absolute atomic E-state index is 0.275. The molecule has 6 rings (SSSR count). The van der Waals surface area contributed by atoms with Gasteiger partial charge in [-0.3, -0.25) is 10.1 Å². The molecule has 4 heterocycles. The van der Waals surface area contributed by atoms with Crippen molar-refractivity contribution in [1.82, 2.24) is 30.0 Å². The van der Waals surface area contributed by atoms with Crippen LogP contribution in [0.2, 0.25) is 0 Å². The van der Waals surface area contributed by atoms with E-state index in [9.17, 15) is 4.39 Å². The van der Waals surface area contributed by atoms with Crippen LogP contribution in [0, 0.1) is 12.7 Å². The molecule has 0 saturated carbocycles. The second-order valence-corrected chi connectivity index (χ2v) is 9.82. The molecule has 0 atom stereocenters. The molecule has 38 heavy (non-hydrogen) atoms. The smallest absolute Gasteiger partial charge is 0.135 e. The van der Waals surface area contributed by atoms with Gasteiger partial charge >= 0.3 is 0 Å². The van der Waals surface area contributed by atoms with Gasteiger partial charge in [-0.05, 0) is 86.2 Å². The van der Waals surface area contributed by atoms with Crippen molar-refractivity contribution in [3.8, 4) is 33.8 Å². The number of pyridine rings is 2. The molecule has 3 N–H and O–H groups in total. The molecular weight excluding hydrogens is 477 g/mol. The number of fused-ring (bicyclic) bond motifs is 2. The van der Waals surface area contributed by atoms with Crippen LogP contribution in [-0.4, -0.2) is 57.2 Å². The summed E-state index contributed by atoms with van der Waals surface area (Å²) in [6, 6.07) is 19.2. The number of likely N-dealkylation sites (N-methyl/N-ethyl adjacent to an activating group) is 1. The van der Waals surface area contributed by atoms with E-state index in [4.69, 9.17) is 4.98 Å². The minimum Gasteiger partial charge on any atom is -0.384 e. The Kier molecular flexibility index (Phi) is 6.09. The summed E-state index contributed by atoms with van der Waals surface area (Å²) in [7, 11) is 4.03. The lowest BCUT2D eigenvalue weighted by Crippen LogP contribution is -2.20. The van der Waals surface area contributed by atoms with Crippen molar-refractivity contribution < 1.29 is 4.39 Å². The molecule has 0 spiro atoms. The molecule has 0 bridgehead atoms. The topological polar surface area (TPSA) is 85.5 Å². The summed E-state index contributed by atoms with van der Waals surface area (Å²) in [6.07, 6.45) is 3.65. The van der Waals surface area contributed by atoms with Crippen LogP contribution in [0.3, 0.4) is 0 Å². The van der Waals surface area contributed by atoms with E-state index in [1.807, 2.05) is 69.8 Å². The summed E-state index contributed by atoms with van der Waals surface area (Å²) in [5, 5.41) is 12.0. The molecule has 6 aromatic rings. The van der Waals surface area contributed by atoms with E-state index in [2.05, 4.69) is 42.5 Å². The Bertz CT molecular complexity index is 1770. The predicted octanol–water partition coefficient (Wildman–Crippen LogP) is 6.26. The number of halogens is 1. The first-order valence-electron chi connectivity index (χ1n) is 12.5. The van der Waals surface area contributed by atoms with Crippen LogP contribution in [0.1, 0.15) is 5.56 Å². The largest absolute Gasteiger partial charge is 0.384 e. The van der Waals surface area contributed by atoms with Crippen molar-refractivity contribution in [1.29, 1.82) is 0 Å².